The minimum atomic E-state index is -1.21. The summed E-state index contributed by atoms with van der Waals surface area (Å²) in [5.41, 5.74) is 6.89. The summed E-state index contributed by atoms with van der Waals surface area (Å²) in [5.74, 6) is 0.314. The van der Waals surface area contributed by atoms with Crippen molar-refractivity contribution < 1.29 is 14.3 Å². The number of aromatic nitrogens is 5. The molecule has 1 aliphatic heterocycles. The highest BCUT2D eigenvalue weighted by atomic mass is 35.5. The van der Waals surface area contributed by atoms with E-state index < -0.39 is 8.07 Å². The Morgan fingerprint density at radius 3 is 2.51 bits per heavy atom. The summed E-state index contributed by atoms with van der Waals surface area (Å²) in [6.45, 7) is 13.1. The smallest absolute Gasteiger partial charge is 0.256 e. The van der Waals surface area contributed by atoms with Crippen molar-refractivity contribution in [3.8, 4) is 17.1 Å². The van der Waals surface area contributed by atoms with Gasteiger partial charge >= 0.3 is 0 Å². The molecule has 0 atom stereocenters. The van der Waals surface area contributed by atoms with E-state index in [4.69, 9.17) is 37.7 Å². The van der Waals surface area contributed by atoms with Crippen molar-refractivity contribution >= 4 is 48.1 Å². The minimum absolute atomic E-state index is 0.190. The fourth-order valence-corrected chi connectivity index (χ4v) is 7.53. The largest absolute Gasteiger partial charge is 0.473 e. The van der Waals surface area contributed by atoms with Crippen LogP contribution in [0.3, 0.4) is 0 Å². The summed E-state index contributed by atoms with van der Waals surface area (Å²) in [7, 11) is 0.582. The quantitative estimate of drug-likeness (QED) is 0.104. The molecule has 0 saturated carbocycles. The van der Waals surface area contributed by atoms with Crippen LogP contribution in [0.2, 0.25) is 35.7 Å². The van der Waals surface area contributed by atoms with Gasteiger partial charge in [0.2, 0.25) is 5.88 Å². The van der Waals surface area contributed by atoms with Crippen molar-refractivity contribution in [2.75, 3.05) is 13.2 Å². The van der Waals surface area contributed by atoms with Crippen LogP contribution in [0.15, 0.2) is 48.7 Å². The molecular formula is C35H40Cl2N6O3Si. The van der Waals surface area contributed by atoms with Crippen LogP contribution >= 0.6 is 23.2 Å². The van der Waals surface area contributed by atoms with Crippen molar-refractivity contribution in [1.29, 1.82) is 0 Å². The van der Waals surface area contributed by atoms with Gasteiger partial charge in [0.15, 0.2) is 0 Å². The summed E-state index contributed by atoms with van der Waals surface area (Å²) < 4.78 is 16.2. The Morgan fingerprint density at radius 1 is 1.04 bits per heavy atom. The molecule has 9 nitrogen and oxygen atoms in total. The molecule has 0 aliphatic carbocycles. The normalized spacial score (nSPS) is 13.4. The van der Waals surface area contributed by atoms with Crippen LogP contribution in [0.25, 0.3) is 22.2 Å². The zero-order chi connectivity index (χ0) is 33.5. The fraction of sp³-hybridized carbons (Fsp3) is 0.371. The van der Waals surface area contributed by atoms with E-state index in [2.05, 4.69) is 40.6 Å². The Kier molecular flexibility index (Phi) is 9.49. The topological polar surface area (TPSA) is 87.3 Å². The Hall–Kier alpha value is -3.70. The van der Waals surface area contributed by atoms with E-state index in [0.717, 1.165) is 45.0 Å². The molecule has 1 aliphatic rings. The lowest BCUT2D eigenvalue weighted by Crippen LogP contribution is -2.37. The Bertz CT molecular complexity index is 1930. The number of hydrogen-bond acceptors (Lipinski definition) is 6. The van der Waals surface area contributed by atoms with Crippen molar-refractivity contribution in [2.45, 2.75) is 65.8 Å². The molecule has 12 heteroatoms. The van der Waals surface area contributed by atoms with Crippen LogP contribution in [0.4, 0.5) is 0 Å². The molecule has 0 radical (unpaired) electrons. The number of benzene rings is 2. The standard InChI is InChI=1S/C35H40Cl2N6O3Si/c1-22-33-25(12-15-43(33)21-45-16-17-47(4,5)6)28(34(38-22)46-20-24-10-8-7-9-11-24)19-42-14-13-26-29(36)18-27(31(37)30(26)35(42)44)32-23(2)39-40-41(32)3/h7-12,15,18H,13-14,16-17,19-21H2,1-6H3. The van der Waals surface area contributed by atoms with Gasteiger partial charge in [0.25, 0.3) is 5.91 Å². The zero-order valence-corrected chi connectivity index (χ0v) is 30.2. The lowest BCUT2D eigenvalue weighted by molar-refractivity contribution is 0.0726. The Balaban J connectivity index is 1.36. The summed E-state index contributed by atoms with van der Waals surface area (Å²) in [6.07, 6.45) is 2.59. The predicted octanol–water partition coefficient (Wildman–Crippen LogP) is 7.85. The second kappa shape index (κ2) is 13.4. The molecule has 0 spiro atoms. The third kappa shape index (κ3) is 6.83. The molecule has 3 aromatic heterocycles. The zero-order valence-electron chi connectivity index (χ0n) is 27.7. The van der Waals surface area contributed by atoms with E-state index in [1.165, 1.54) is 0 Å². The van der Waals surface area contributed by atoms with Gasteiger partial charge in [-0.05, 0) is 49.6 Å². The van der Waals surface area contributed by atoms with Crippen molar-refractivity contribution in [3.05, 3.63) is 92.3 Å². The van der Waals surface area contributed by atoms with E-state index in [1.54, 1.807) is 11.7 Å². The molecule has 0 bridgehead atoms. The highest BCUT2D eigenvalue weighted by Crippen LogP contribution is 2.41. The van der Waals surface area contributed by atoms with Gasteiger partial charge in [-0.2, -0.15) is 0 Å². The van der Waals surface area contributed by atoms with Crippen LogP contribution in [-0.2, 0) is 38.1 Å². The molecule has 0 unspecified atom stereocenters. The number of fused-ring (bicyclic) bond motifs is 2. The first-order chi connectivity index (χ1) is 22.4. The van der Waals surface area contributed by atoms with E-state index >= 15 is 0 Å². The SMILES string of the molecule is Cc1nnn(C)c1-c1cc(Cl)c2c(c1Cl)C(=O)N(Cc1c(OCc3ccccc3)nc(C)c3c1ccn3COCC[Si](C)(C)C)CC2. The number of halogens is 2. The number of hydrogen-bond donors (Lipinski definition) is 0. The average Bonchev–Trinajstić information content (AvgIpc) is 3.61. The molecule has 47 heavy (non-hydrogen) atoms. The van der Waals surface area contributed by atoms with Crippen LogP contribution in [-0.4, -0.2) is 56.6 Å². The van der Waals surface area contributed by atoms with E-state index in [0.29, 0.717) is 65.7 Å². The van der Waals surface area contributed by atoms with Gasteiger partial charge in [0.1, 0.15) is 13.3 Å². The van der Waals surface area contributed by atoms with Crippen LogP contribution in [0.5, 0.6) is 5.88 Å². The second-order valence-corrected chi connectivity index (χ2v) is 19.8. The first kappa shape index (κ1) is 33.2. The molecule has 1 amide bonds. The number of aryl methyl sites for hydroxylation is 3. The van der Waals surface area contributed by atoms with Gasteiger partial charge in [-0.25, -0.2) is 9.67 Å². The number of pyridine rings is 1. The van der Waals surface area contributed by atoms with E-state index in [1.807, 2.05) is 61.3 Å². The molecule has 6 rings (SSSR count). The maximum Gasteiger partial charge on any atom is 0.256 e. The third-order valence-corrected chi connectivity index (χ3v) is 11.1. The summed E-state index contributed by atoms with van der Waals surface area (Å²) in [4.78, 5) is 21.1. The van der Waals surface area contributed by atoms with Gasteiger partial charge < -0.3 is 18.9 Å². The van der Waals surface area contributed by atoms with Gasteiger partial charge in [0, 0.05) is 56.0 Å². The Morgan fingerprint density at radius 2 is 1.81 bits per heavy atom. The molecular weight excluding hydrogens is 651 g/mol. The van der Waals surface area contributed by atoms with Crippen molar-refractivity contribution in [2.24, 2.45) is 7.05 Å². The molecule has 0 fully saturated rings. The monoisotopic (exact) mass is 690 g/mol. The highest BCUT2D eigenvalue weighted by Gasteiger charge is 2.33. The molecule has 246 valence electrons. The van der Waals surface area contributed by atoms with Crippen LogP contribution in [0, 0.1) is 13.8 Å². The first-order valence-electron chi connectivity index (χ1n) is 15.8. The van der Waals surface area contributed by atoms with Crippen LogP contribution in [0.1, 0.15) is 38.4 Å². The second-order valence-electron chi connectivity index (χ2n) is 13.3. The highest BCUT2D eigenvalue weighted by molar-refractivity contribution is 6.76. The fourth-order valence-electron chi connectivity index (χ4n) is 6.14. The number of amides is 1. The predicted molar refractivity (Wildman–Crippen MR) is 189 cm³/mol. The van der Waals surface area contributed by atoms with Crippen LogP contribution < -0.4 is 4.74 Å². The first-order valence-corrected chi connectivity index (χ1v) is 20.3. The van der Waals surface area contributed by atoms with Gasteiger partial charge in [-0.3, -0.25) is 4.79 Å². The number of nitrogens with zero attached hydrogens (tertiary/aromatic N) is 6. The molecule has 0 N–H and O–H groups in total. The van der Waals surface area contributed by atoms with Crippen molar-refractivity contribution in [3.63, 3.8) is 0 Å². The lowest BCUT2D eigenvalue weighted by atomic mass is 9.94. The van der Waals surface area contributed by atoms with E-state index in [9.17, 15) is 4.79 Å². The maximum atomic E-state index is 14.3. The number of carbonyl (C=O) groups is 1. The molecule has 2 aromatic carbocycles. The number of ether oxygens (including phenoxy) is 2. The molecule has 5 aromatic rings. The molecule has 0 saturated heterocycles. The van der Waals surface area contributed by atoms with E-state index in [-0.39, 0.29) is 12.5 Å². The number of carbonyl (C=O) groups excluding carboxylic acids is 1. The van der Waals surface area contributed by atoms with Gasteiger partial charge in [-0.15, -0.1) is 5.10 Å². The molecule has 4 heterocycles. The van der Waals surface area contributed by atoms with Gasteiger partial charge in [-0.1, -0.05) is 78.4 Å². The summed E-state index contributed by atoms with van der Waals surface area (Å²) >= 11 is 13.8. The summed E-state index contributed by atoms with van der Waals surface area (Å²) in [5, 5.41) is 10.1. The lowest BCUT2D eigenvalue weighted by Gasteiger charge is -2.31. The average molecular weight is 692 g/mol. The van der Waals surface area contributed by atoms with Gasteiger partial charge in [0.05, 0.1) is 39.7 Å². The third-order valence-electron chi connectivity index (χ3n) is 8.65. The Labute approximate surface area is 286 Å². The maximum absolute atomic E-state index is 14.3. The number of rotatable bonds is 11. The summed E-state index contributed by atoms with van der Waals surface area (Å²) in [6, 6.07) is 15.0. The van der Waals surface area contributed by atoms with Crippen molar-refractivity contribution in [1.82, 2.24) is 29.4 Å². The minimum Gasteiger partial charge on any atom is -0.473 e.